The van der Waals surface area contributed by atoms with Crippen LogP contribution in [0.15, 0.2) is 90.5 Å². The molecule has 3 atom stereocenters. The lowest BCUT2D eigenvalue weighted by atomic mass is 9.91. The highest BCUT2D eigenvalue weighted by Gasteiger charge is 2.52. The first-order valence-electron chi connectivity index (χ1n) is 19.3. The lowest BCUT2D eigenvalue weighted by Crippen LogP contribution is -2.43. The fraction of sp³-hybridized carbons (Fsp3) is 0.432. The van der Waals surface area contributed by atoms with Gasteiger partial charge in [0.25, 0.3) is 5.91 Å². The van der Waals surface area contributed by atoms with Gasteiger partial charge in [0, 0.05) is 43.5 Å². The molecule has 1 saturated heterocycles. The highest BCUT2D eigenvalue weighted by Crippen LogP contribution is 2.43. The molecule has 0 unspecified atom stereocenters. The van der Waals surface area contributed by atoms with Crippen LogP contribution in [0.1, 0.15) is 109 Å². The van der Waals surface area contributed by atoms with Crippen LogP contribution in [0.25, 0.3) is 6.08 Å². The topological polar surface area (TPSA) is 143 Å². The minimum absolute atomic E-state index is 0.145. The maximum Gasteiger partial charge on any atom is 0.338 e. The molecule has 1 heterocycles. The van der Waals surface area contributed by atoms with E-state index in [-0.39, 0.29) is 43.7 Å². The Morgan fingerprint density at radius 3 is 2.35 bits per heavy atom. The first-order chi connectivity index (χ1) is 26.2. The summed E-state index contributed by atoms with van der Waals surface area (Å²) in [6.45, 7) is 4.48. The van der Waals surface area contributed by atoms with E-state index >= 15 is 0 Å². The van der Waals surface area contributed by atoms with E-state index in [0.717, 1.165) is 55.2 Å². The van der Waals surface area contributed by atoms with Crippen molar-refractivity contribution in [3.05, 3.63) is 118 Å². The third-order valence-electron chi connectivity index (χ3n) is 9.85. The number of fused-ring (bicyclic) bond motifs is 1. The summed E-state index contributed by atoms with van der Waals surface area (Å²) in [5.74, 6) is -1.75. The molecule has 2 amide bonds. The third-order valence-corrected chi connectivity index (χ3v) is 9.85. The van der Waals surface area contributed by atoms with Gasteiger partial charge in [-0.05, 0) is 72.4 Å². The normalized spacial score (nSPS) is 18.9. The highest BCUT2D eigenvalue weighted by atomic mass is 16.8. The summed E-state index contributed by atoms with van der Waals surface area (Å²) in [4.78, 5) is 39.9. The number of aliphatic hydroxyl groups excluding tert-OH is 1. The molecule has 288 valence electrons. The van der Waals surface area contributed by atoms with Gasteiger partial charge in [-0.1, -0.05) is 94.1 Å². The molecule has 0 spiro atoms. The van der Waals surface area contributed by atoms with Crippen molar-refractivity contribution in [2.75, 3.05) is 13.2 Å². The maximum absolute atomic E-state index is 13.8. The number of aliphatic hydroxyl groups is 1. The number of phenolic OH excluding ortho intramolecular Hbond substituents is 1. The van der Waals surface area contributed by atoms with Gasteiger partial charge in [-0.25, -0.2) is 4.79 Å². The number of aromatic hydroxyl groups is 1. The Bertz CT molecular complexity index is 1780. The molecule has 1 fully saturated rings. The summed E-state index contributed by atoms with van der Waals surface area (Å²) < 4.78 is 19.7. The van der Waals surface area contributed by atoms with Crippen LogP contribution in [0.5, 0.6) is 5.75 Å². The van der Waals surface area contributed by atoms with Crippen LogP contribution >= 0.6 is 0 Å². The molecule has 5 rings (SSSR count). The van der Waals surface area contributed by atoms with E-state index in [0.29, 0.717) is 36.0 Å². The van der Waals surface area contributed by atoms with Crippen LogP contribution < -0.4 is 10.6 Å². The van der Waals surface area contributed by atoms with Crippen molar-refractivity contribution >= 4 is 23.9 Å². The van der Waals surface area contributed by atoms with E-state index in [4.69, 9.17) is 19.3 Å². The van der Waals surface area contributed by atoms with Gasteiger partial charge in [0.1, 0.15) is 24.1 Å². The number of carbonyl (C=O) groups excluding carboxylic acids is 3. The Morgan fingerprint density at radius 2 is 1.61 bits per heavy atom. The molecule has 0 aromatic heterocycles. The monoisotopic (exact) mass is 738 g/mol. The zero-order valence-corrected chi connectivity index (χ0v) is 31.4. The quantitative estimate of drug-likeness (QED) is 0.0749. The Morgan fingerprint density at radius 1 is 0.870 bits per heavy atom. The number of unbranched alkanes of at least 4 members (excludes halogenated alkanes) is 4. The molecule has 0 radical (unpaired) electrons. The smallest absolute Gasteiger partial charge is 0.338 e. The van der Waals surface area contributed by atoms with Gasteiger partial charge >= 0.3 is 5.97 Å². The summed E-state index contributed by atoms with van der Waals surface area (Å²) in [6, 6.07) is 21.3. The van der Waals surface area contributed by atoms with Crippen LogP contribution in [0.4, 0.5) is 0 Å². The number of nitrogens with one attached hydrogen (secondary N) is 2. The molecular weight excluding hydrogens is 684 g/mol. The van der Waals surface area contributed by atoms with E-state index in [1.54, 1.807) is 48.5 Å². The highest BCUT2D eigenvalue weighted by molar-refractivity contribution is 5.95. The number of ether oxygens (including phenoxy) is 3. The van der Waals surface area contributed by atoms with Gasteiger partial charge in [0.15, 0.2) is 5.79 Å². The SMILES string of the molecule is CCCCCC1(CCCCC)O[C@@H]2[C@@H](C=C(C(=O)NCc3cccc(C(=O)NCCO)c3)C[C@H]2OC(=O)c2cccc(C=CCc3ccccc3O)c2)O1. The third kappa shape index (κ3) is 11.1. The lowest BCUT2D eigenvalue weighted by molar-refractivity contribution is -0.190. The molecular formula is C44H54N2O8. The van der Waals surface area contributed by atoms with E-state index in [9.17, 15) is 19.5 Å². The Balaban J connectivity index is 1.33. The summed E-state index contributed by atoms with van der Waals surface area (Å²) in [5.41, 5.74) is 3.58. The zero-order chi connectivity index (χ0) is 38.3. The van der Waals surface area contributed by atoms with E-state index in [1.807, 2.05) is 42.5 Å². The second-order valence-electron chi connectivity index (χ2n) is 14.1. The molecule has 3 aromatic rings. The Hall–Kier alpha value is -4.77. The van der Waals surface area contributed by atoms with Crippen LogP contribution in [0.2, 0.25) is 0 Å². The predicted molar refractivity (Wildman–Crippen MR) is 208 cm³/mol. The summed E-state index contributed by atoms with van der Waals surface area (Å²) in [5, 5.41) is 24.8. The zero-order valence-electron chi connectivity index (χ0n) is 31.4. The minimum Gasteiger partial charge on any atom is -0.508 e. The average Bonchev–Trinajstić information content (AvgIpc) is 3.56. The van der Waals surface area contributed by atoms with Crippen LogP contribution in [-0.4, -0.2) is 65.2 Å². The predicted octanol–water partition coefficient (Wildman–Crippen LogP) is 7.18. The molecule has 10 heteroatoms. The maximum atomic E-state index is 13.8. The first-order valence-corrected chi connectivity index (χ1v) is 19.3. The van der Waals surface area contributed by atoms with E-state index < -0.39 is 30.1 Å². The van der Waals surface area contributed by atoms with Gasteiger partial charge in [-0.2, -0.15) is 0 Å². The second-order valence-corrected chi connectivity index (χ2v) is 14.1. The van der Waals surface area contributed by atoms with Crippen LogP contribution in [0.3, 0.4) is 0 Å². The number of amides is 2. The first kappa shape index (κ1) is 40.4. The molecule has 4 N–H and O–H groups in total. The average molecular weight is 739 g/mol. The molecule has 10 nitrogen and oxygen atoms in total. The van der Waals surface area contributed by atoms with Crippen molar-refractivity contribution in [2.45, 2.75) is 109 Å². The number of rotatable bonds is 19. The number of para-hydroxylation sites is 1. The summed E-state index contributed by atoms with van der Waals surface area (Å²) in [7, 11) is 0. The second kappa shape index (κ2) is 20.1. The van der Waals surface area contributed by atoms with E-state index in [2.05, 4.69) is 24.5 Å². The van der Waals surface area contributed by atoms with Gasteiger partial charge in [0.2, 0.25) is 5.91 Å². The molecule has 0 bridgehead atoms. The summed E-state index contributed by atoms with van der Waals surface area (Å²) >= 11 is 0. The van der Waals surface area contributed by atoms with Crippen LogP contribution in [-0.2, 0) is 32.0 Å². The number of carbonyl (C=O) groups is 3. The largest absolute Gasteiger partial charge is 0.508 e. The fourth-order valence-corrected chi connectivity index (χ4v) is 6.97. The molecule has 1 aliphatic heterocycles. The Labute approximate surface area is 318 Å². The van der Waals surface area contributed by atoms with Gasteiger partial charge in [-0.15, -0.1) is 0 Å². The number of allylic oxidation sites excluding steroid dienone is 1. The molecule has 0 saturated carbocycles. The van der Waals surface area contributed by atoms with Crippen molar-refractivity contribution < 1.29 is 38.8 Å². The molecule has 3 aromatic carbocycles. The van der Waals surface area contributed by atoms with Gasteiger partial charge in [-0.3, -0.25) is 9.59 Å². The van der Waals surface area contributed by atoms with Crippen molar-refractivity contribution in [1.82, 2.24) is 10.6 Å². The minimum atomic E-state index is -0.832. The Kier molecular flexibility index (Phi) is 15.0. The number of hydrogen-bond acceptors (Lipinski definition) is 8. The molecule has 2 aliphatic rings. The van der Waals surface area contributed by atoms with Crippen molar-refractivity contribution in [1.29, 1.82) is 0 Å². The molecule has 1 aliphatic carbocycles. The van der Waals surface area contributed by atoms with E-state index in [1.165, 1.54) is 0 Å². The van der Waals surface area contributed by atoms with Gasteiger partial charge in [0.05, 0.1) is 12.2 Å². The fourth-order valence-electron chi connectivity index (χ4n) is 6.97. The number of phenols is 1. The van der Waals surface area contributed by atoms with Crippen molar-refractivity contribution in [3.63, 3.8) is 0 Å². The number of hydrogen-bond donors (Lipinski definition) is 4. The van der Waals surface area contributed by atoms with Gasteiger partial charge < -0.3 is 35.1 Å². The standard InChI is InChI=1S/C44H54N2O8/c1-3-5-9-22-44(23-10-6-4-2)53-39-29-36(42(50)46-30-32-16-13-19-34(27-32)41(49)45-24-25-47)28-38(40(39)54-44)52-43(51)35-20-12-15-31(26-35)14-11-18-33-17-7-8-21-37(33)48/h7-8,11-17,19-21,26-27,29,38-40,47-48H,3-6,9-10,18,22-25,28,30H2,1-2H3,(H,45,49)(H,46,50)/t38-,39-,40+/m1/s1. The lowest BCUT2D eigenvalue weighted by Gasteiger charge is -2.31. The van der Waals surface area contributed by atoms with Crippen molar-refractivity contribution in [3.8, 4) is 5.75 Å². The summed E-state index contributed by atoms with van der Waals surface area (Å²) in [6.07, 6.45) is 11.9. The van der Waals surface area contributed by atoms with Crippen molar-refractivity contribution in [2.24, 2.45) is 0 Å². The number of benzene rings is 3. The van der Waals surface area contributed by atoms with Crippen LogP contribution in [0, 0.1) is 0 Å². The number of esters is 1. The molecule has 54 heavy (non-hydrogen) atoms.